The van der Waals surface area contributed by atoms with Crippen molar-refractivity contribution in [2.24, 2.45) is 15.6 Å². The highest BCUT2D eigenvalue weighted by Crippen LogP contribution is 2.16. The average Bonchev–Trinajstić information content (AvgIpc) is 2.80. The van der Waals surface area contributed by atoms with Gasteiger partial charge in [0.05, 0.1) is 0 Å². The van der Waals surface area contributed by atoms with Crippen LogP contribution in [0.15, 0.2) is 20.2 Å². The summed E-state index contributed by atoms with van der Waals surface area (Å²) in [4.78, 5) is 0. The maximum absolute atomic E-state index is 8.49. The van der Waals surface area contributed by atoms with E-state index < -0.39 is 0 Å². The third-order valence-corrected chi connectivity index (χ3v) is 1.19. The predicted octanol–water partition coefficient (Wildman–Crippen LogP) is -0.615. The molecule has 12 heavy (non-hydrogen) atoms. The van der Waals surface area contributed by atoms with Crippen molar-refractivity contribution in [2.75, 3.05) is 5.73 Å². The molecular weight excluding hydrogens is 166 g/mol. The van der Waals surface area contributed by atoms with Crippen LogP contribution in [-0.4, -0.2) is 26.5 Å². The number of nitrogens with two attached hydrogens (primary N) is 1. The van der Waals surface area contributed by atoms with Crippen molar-refractivity contribution in [3.8, 4) is 0 Å². The van der Waals surface area contributed by atoms with Gasteiger partial charge >= 0.3 is 0 Å². The molecule has 0 aromatic carbocycles. The van der Waals surface area contributed by atoms with Gasteiger partial charge in [-0.15, -0.1) is 0 Å². The number of nitrogens with zero attached hydrogens (tertiary/aromatic N) is 6. The van der Waals surface area contributed by atoms with Crippen LogP contribution in [0.3, 0.4) is 0 Å². The summed E-state index contributed by atoms with van der Waals surface area (Å²) >= 11 is 0. The summed E-state index contributed by atoms with van der Waals surface area (Å²) in [6.45, 7) is 0. The summed E-state index contributed by atoms with van der Waals surface area (Å²) in [6, 6.07) is 0. The number of oxime groups is 1. The lowest BCUT2D eigenvalue weighted by Crippen LogP contribution is -2.14. The number of rotatable bonds is 1. The molecule has 0 unspecified atom stereocenters. The lowest BCUT2D eigenvalue weighted by Gasteiger charge is -1.93. The van der Waals surface area contributed by atoms with E-state index in [2.05, 4.69) is 30.5 Å². The topological polar surface area (TPSA) is 125 Å². The van der Waals surface area contributed by atoms with Crippen LogP contribution in [0.25, 0.3) is 0 Å². The summed E-state index contributed by atoms with van der Waals surface area (Å²) in [5, 5.41) is 25.8. The van der Waals surface area contributed by atoms with Gasteiger partial charge in [-0.3, -0.25) is 0 Å². The van der Waals surface area contributed by atoms with Gasteiger partial charge in [-0.2, -0.15) is 0 Å². The van der Waals surface area contributed by atoms with Gasteiger partial charge in [0.25, 0.3) is 0 Å². The van der Waals surface area contributed by atoms with Crippen molar-refractivity contribution < 1.29 is 9.84 Å². The molecule has 0 spiro atoms. The highest BCUT2D eigenvalue weighted by Gasteiger charge is 2.27. The number of aromatic nitrogens is 2. The second-order valence-electron chi connectivity index (χ2n) is 1.89. The standard InChI is InChI=1S/C3H3N7O2/c4-2-1(6-12-7-2)3(5-11)10-8-9-10/h11H,(H2,4,7)/b5-3-. The second-order valence-corrected chi connectivity index (χ2v) is 1.89. The van der Waals surface area contributed by atoms with Crippen LogP contribution >= 0.6 is 0 Å². The number of nitrogen functional groups attached to an aromatic ring is 1. The molecular formula is C3H3N7O2. The van der Waals surface area contributed by atoms with Gasteiger partial charge in [-0.25, -0.2) is 4.63 Å². The molecule has 1 aromatic rings. The fourth-order valence-electron chi connectivity index (χ4n) is 0.637. The molecule has 0 saturated carbocycles. The van der Waals surface area contributed by atoms with Crippen molar-refractivity contribution in [2.45, 2.75) is 0 Å². The van der Waals surface area contributed by atoms with E-state index >= 15 is 0 Å². The van der Waals surface area contributed by atoms with E-state index in [0.29, 0.717) is 0 Å². The van der Waals surface area contributed by atoms with E-state index in [-0.39, 0.29) is 17.3 Å². The first kappa shape index (κ1) is 6.52. The number of amidine groups is 1. The van der Waals surface area contributed by atoms with E-state index in [1.807, 2.05) is 0 Å². The van der Waals surface area contributed by atoms with Crippen molar-refractivity contribution in [1.82, 2.24) is 15.4 Å². The number of hydrogen-bond acceptors (Lipinski definition) is 8. The van der Waals surface area contributed by atoms with E-state index in [1.54, 1.807) is 0 Å². The van der Waals surface area contributed by atoms with Crippen LogP contribution in [0.2, 0.25) is 0 Å². The minimum atomic E-state index is -0.0197. The smallest absolute Gasteiger partial charge is 0.249 e. The summed E-state index contributed by atoms with van der Waals surface area (Å²) in [5.74, 6) is -0.00569. The average molecular weight is 169 g/mol. The Hall–Kier alpha value is -2.19. The molecule has 62 valence electrons. The van der Waals surface area contributed by atoms with Crippen molar-refractivity contribution in [3.63, 3.8) is 0 Å². The number of hydrogen-bond donors (Lipinski definition) is 2. The van der Waals surface area contributed by atoms with Gasteiger partial charge in [-0.05, 0) is 20.8 Å². The second kappa shape index (κ2) is 2.15. The number of anilines is 1. The highest BCUT2D eigenvalue weighted by atomic mass is 16.6. The Kier molecular flexibility index (Phi) is 1.17. The first-order valence-corrected chi connectivity index (χ1v) is 2.85. The Morgan fingerprint density at radius 2 is 2.25 bits per heavy atom. The normalized spacial score (nSPS) is 15.3. The quantitative estimate of drug-likeness (QED) is 0.250. The van der Waals surface area contributed by atoms with Crippen LogP contribution in [0.5, 0.6) is 0 Å². The molecule has 0 radical (unpaired) electrons. The Balaban J connectivity index is 2.33. The minimum absolute atomic E-state index is 0.0140. The molecule has 0 aliphatic carbocycles. The molecule has 1 aromatic heterocycles. The van der Waals surface area contributed by atoms with E-state index in [0.717, 1.165) is 5.12 Å². The molecule has 1 aliphatic rings. The first-order valence-electron chi connectivity index (χ1n) is 2.85. The zero-order chi connectivity index (χ0) is 8.55. The monoisotopic (exact) mass is 169 g/mol. The third-order valence-electron chi connectivity index (χ3n) is 1.19. The predicted molar refractivity (Wildman–Crippen MR) is 33.7 cm³/mol. The molecule has 9 nitrogen and oxygen atoms in total. The Morgan fingerprint density at radius 1 is 1.50 bits per heavy atom. The molecule has 9 heteroatoms. The lowest BCUT2D eigenvalue weighted by atomic mass is 10.4. The van der Waals surface area contributed by atoms with Gasteiger partial charge in [0.15, 0.2) is 5.82 Å². The summed E-state index contributed by atoms with van der Waals surface area (Å²) in [5.41, 5.74) is 5.41. The highest BCUT2D eigenvalue weighted by molar-refractivity contribution is 6.00. The van der Waals surface area contributed by atoms with Gasteiger partial charge in [0, 0.05) is 0 Å². The molecule has 3 N–H and O–H groups in total. The molecule has 0 fully saturated rings. The molecule has 0 atom stereocenters. The molecule has 2 rings (SSSR count). The van der Waals surface area contributed by atoms with Gasteiger partial charge in [0.2, 0.25) is 11.5 Å². The van der Waals surface area contributed by atoms with Gasteiger partial charge in [-0.1, -0.05) is 10.3 Å². The summed E-state index contributed by atoms with van der Waals surface area (Å²) in [6.07, 6.45) is 0. The fraction of sp³-hybridized carbons (Fsp3) is 0. The summed E-state index contributed by atoms with van der Waals surface area (Å²) < 4.78 is 4.28. The maximum atomic E-state index is 8.49. The Bertz CT molecular complexity index is 347. The summed E-state index contributed by atoms with van der Waals surface area (Å²) in [7, 11) is 0. The zero-order valence-electron chi connectivity index (χ0n) is 5.62. The fourth-order valence-corrected chi connectivity index (χ4v) is 0.637. The first-order chi connectivity index (χ1) is 5.83. The van der Waals surface area contributed by atoms with E-state index in [9.17, 15) is 0 Å². The Morgan fingerprint density at radius 3 is 2.67 bits per heavy atom. The maximum Gasteiger partial charge on any atom is 0.249 e. The van der Waals surface area contributed by atoms with Crippen molar-refractivity contribution >= 4 is 11.7 Å². The third kappa shape index (κ3) is 0.836. The van der Waals surface area contributed by atoms with Gasteiger partial charge < -0.3 is 10.9 Å². The molecule has 0 amide bonds. The zero-order valence-corrected chi connectivity index (χ0v) is 5.62. The van der Waals surface area contributed by atoms with Crippen LogP contribution < -0.4 is 5.73 Å². The minimum Gasteiger partial charge on any atom is -0.409 e. The van der Waals surface area contributed by atoms with Crippen molar-refractivity contribution in [1.29, 1.82) is 0 Å². The van der Waals surface area contributed by atoms with Crippen LogP contribution in [0, 0.1) is 0 Å². The molecule has 0 saturated heterocycles. The lowest BCUT2D eigenvalue weighted by molar-refractivity contribution is 0.301. The van der Waals surface area contributed by atoms with Crippen LogP contribution in [0.4, 0.5) is 5.82 Å². The van der Waals surface area contributed by atoms with Crippen LogP contribution in [-0.2, 0) is 0 Å². The van der Waals surface area contributed by atoms with Crippen molar-refractivity contribution in [3.05, 3.63) is 5.69 Å². The van der Waals surface area contributed by atoms with Gasteiger partial charge in [0.1, 0.15) is 0 Å². The largest absolute Gasteiger partial charge is 0.409 e. The van der Waals surface area contributed by atoms with E-state index in [1.165, 1.54) is 0 Å². The van der Waals surface area contributed by atoms with E-state index in [4.69, 9.17) is 10.9 Å². The van der Waals surface area contributed by atoms with Crippen LogP contribution in [0.1, 0.15) is 5.69 Å². The molecule has 0 bridgehead atoms. The Labute approximate surface area is 65.1 Å². The molecule has 1 aliphatic heterocycles. The SMILES string of the molecule is Nc1nonc1/C(=N/O)N1N=N1. The molecule has 2 heterocycles.